The molecule has 0 bridgehead atoms. The Bertz CT molecular complexity index is 585. The van der Waals surface area contributed by atoms with Gasteiger partial charge in [0.2, 0.25) is 0 Å². The van der Waals surface area contributed by atoms with Crippen LogP contribution >= 0.6 is 0 Å². The highest BCUT2D eigenvalue weighted by Crippen LogP contribution is 2.28. The molecule has 5 heteroatoms. The Labute approximate surface area is 119 Å². The molecule has 2 aromatic heterocycles. The molecular formula is C15H22N4O. The summed E-state index contributed by atoms with van der Waals surface area (Å²) in [4.78, 5) is 6.79. The molecule has 0 aliphatic carbocycles. The maximum atomic E-state index is 6.21. The maximum absolute atomic E-state index is 6.21. The fourth-order valence-corrected chi connectivity index (χ4v) is 2.86. The maximum Gasteiger partial charge on any atom is 0.159 e. The molecule has 3 heterocycles. The zero-order valence-electron chi connectivity index (χ0n) is 12.4. The number of likely N-dealkylation sites (tertiary alicyclic amines) is 1. The normalized spacial score (nSPS) is 18.0. The third-order valence-corrected chi connectivity index (χ3v) is 4.10. The molecule has 1 aliphatic rings. The number of aromatic nitrogens is 3. The fraction of sp³-hybridized carbons (Fsp3) is 0.600. The number of aryl methyl sites for hydroxylation is 1. The lowest BCUT2D eigenvalue weighted by atomic mass is 10.1. The first kappa shape index (κ1) is 13.4. The second kappa shape index (κ2) is 5.40. The molecule has 0 radical (unpaired) electrons. The van der Waals surface area contributed by atoms with Gasteiger partial charge in [0.1, 0.15) is 11.9 Å². The van der Waals surface area contributed by atoms with E-state index in [1.165, 1.54) is 0 Å². The van der Waals surface area contributed by atoms with Crippen LogP contribution in [-0.2, 0) is 0 Å². The molecule has 1 saturated heterocycles. The minimum Gasteiger partial charge on any atom is -0.489 e. The molecule has 20 heavy (non-hydrogen) atoms. The molecule has 5 nitrogen and oxygen atoms in total. The molecule has 0 saturated carbocycles. The fourth-order valence-electron chi connectivity index (χ4n) is 2.86. The number of nitrogens with zero attached hydrogens (tertiary/aromatic N) is 3. The molecule has 108 valence electrons. The lowest BCUT2D eigenvalue weighted by molar-refractivity contribution is 0.0853. The smallest absolute Gasteiger partial charge is 0.159 e. The van der Waals surface area contributed by atoms with E-state index in [4.69, 9.17) is 4.74 Å². The van der Waals surface area contributed by atoms with Gasteiger partial charge in [-0.3, -0.25) is 5.10 Å². The van der Waals surface area contributed by atoms with E-state index in [-0.39, 0.29) is 0 Å². The van der Waals surface area contributed by atoms with E-state index in [1.54, 1.807) is 6.20 Å². The van der Waals surface area contributed by atoms with Gasteiger partial charge in [0, 0.05) is 25.3 Å². The van der Waals surface area contributed by atoms with Crippen molar-refractivity contribution in [1.82, 2.24) is 20.1 Å². The predicted molar refractivity (Wildman–Crippen MR) is 79.0 cm³/mol. The summed E-state index contributed by atoms with van der Waals surface area (Å²) in [7, 11) is 0. The van der Waals surface area contributed by atoms with Crippen LogP contribution in [0.4, 0.5) is 0 Å². The first-order valence-electron chi connectivity index (χ1n) is 7.35. The quantitative estimate of drug-likeness (QED) is 0.934. The molecule has 0 spiro atoms. The number of pyridine rings is 1. The van der Waals surface area contributed by atoms with E-state index in [0.717, 1.165) is 48.4 Å². The van der Waals surface area contributed by atoms with Crippen molar-refractivity contribution in [3.63, 3.8) is 0 Å². The average Bonchev–Trinajstić information content (AvgIpc) is 2.82. The summed E-state index contributed by atoms with van der Waals surface area (Å²) in [5, 5.41) is 8.16. The molecule has 0 unspecified atom stereocenters. The summed E-state index contributed by atoms with van der Waals surface area (Å²) in [5.74, 6) is 0.907. The van der Waals surface area contributed by atoms with E-state index < -0.39 is 0 Å². The number of fused-ring (bicyclic) bond motifs is 1. The van der Waals surface area contributed by atoms with Crippen molar-refractivity contribution in [3.8, 4) is 5.75 Å². The second-order valence-corrected chi connectivity index (χ2v) is 5.79. The molecular weight excluding hydrogens is 252 g/mol. The van der Waals surface area contributed by atoms with Crippen molar-refractivity contribution in [1.29, 1.82) is 0 Å². The zero-order chi connectivity index (χ0) is 14.1. The highest BCUT2D eigenvalue weighted by molar-refractivity contribution is 5.84. The van der Waals surface area contributed by atoms with Crippen LogP contribution in [0.1, 0.15) is 32.4 Å². The number of nitrogens with one attached hydrogen (secondary N) is 1. The number of ether oxygens (including phenoxy) is 1. The van der Waals surface area contributed by atoms with Gasteiger partial charge in [0.15, 0.2) is 5.65 Å². The van der Waals surface area contributed by atoms with Crippen LogP contribution in [0, 0.1) is 6.92 Å². The summed E-state index contributed by atoms with van der Waals surface area (Å²) in [5.41, 5.74) is 1.75. The molecule has 0 aromatic carbocycles. The van der Waals surface area contributed by atoms with Gasteiger partial charge in [-0.1, -0.05) is 0 Å². The Balaban J connectivity index is 1.73. The first-order chi connectivity index (χ1) is 9.65. The summed E-state index contributed by atoms with van der Waals surface area (Å²) in [6, 6.07) is 2.57. The summed E-state index contributed by atoms with van der Waals surface area (Å²) in [6.45, 7) is 8.71. The molecule has 1 N–H and O–H groups in total. The van der Waals surface area contributed by atoms with Crippen LogP contribution in [-0.4, -0.2) is 45.3 Å². The van der Waals surface area contributed by atoms with Crippen LogP contribution in [0.5, 0.6) is 5.75 Å². The Morgan fingerprint density at radius 3 is 2.80 bits per heavy atom. The Morgan fingerprint density at radius 1 is 1.35 bits per heavy atom. The van der Waals surface area contributed by atoms with Gasteiger partial charge in [-0.2, -0.15) is 5.10 Å². The minimum atomic E-state index is 0.296. The van der Waals surface area contributed by atoms with E-state index in [9.17, 15) is 0 Å². The van der Waals surface area contributed by atoms with Crippen molar-refractivity contribution in [2.24, 2.45) is 0 Å². The van der Waals surface area contributed by atoms with E-state index >= 15 is 0 Å². The zero-order valence-corrected chi connectivity index (χ0v) is 12.4. The number of piperidine rings is 1. The average molecular weight is 274 g/mol. The minimum absolute atomic E-state index is 0.296. The van der Waals surface area contributed by atoms with Gasteiger partial charge in [-0.15, -0.1) is 0 Å². The van der Waals surface area contributed by atoms with Gasteiger partial charge in [0.25, 0.3) is 0 Å². The van der Waals surface area contributed by atoms with Crippen LogP contribution in [0.15, 0.2) is 12.3 Å². The molecule has 2 aromatic rings. The monoisotopic (exact) mass is 274 g/mol. The largest absolute Gasteiger partial charge is 0.489 e. The Hall–Kier alpha value is -1.62. The van der Waals surface area contributed by atoms with Crippen molar-refractivity contribution < 1.29 is 4.74 Å². The van der Waals surface area contributed by atoms with Gasteiger partial charge in [-0.05, 0) is 39.7 Å². The van der Waals surface area contributed by atoms with Gasteiger partial charge in [-0.25, -0.2) is 4.98 Å². The Morgan fingerprint density at radius 2 is 2.10 bits per heavy atom. The van der Waals surface area contributed by atoms with Crippen molar-refractivity contribution in [2.75, 3.05) is 13.1 Å². The van der Waals surface area contributed by atoms with Crippen LogP contribution in [0.3, 0.4) is 0 Å². The predicted octanol–water partition coefficient (Wildman–Crippen LogP) is 2.52. The number of hydrogen-bond donors (Lipinski definition) is 1. The topological polar surface area (TPSA) is 54.0 Å². The van der Waals surface area contributed by atoms with Gasteiger partial charge >= 0.3 is 0 Å². The van der Waals surface area contributed by atoms with Crippen LogP contribution < -0.4 is 4.74 Å². The standard InChI is InChI=1S/C15H22N4O/c1-10(2)19-8-5-12(6-9-19)20-13-4-7-16-15-14(13)11(3)17-18-15/h4,7,10,12H,5-6,8-9H2,1-3H3,(H,16,17,18). The van der Waals surface area contributed by atoms with Gasteiger partial charge < -0.3 is 9.64 Å². The third kappa shape index (κ3) is 2.50. The van der Waals surface area contributed by atoms with E-state index in [2.05, 4.69) is 33.9 Å². The van der Waals surface area contributed by atoms with Crippen LogP contribution in [0.2, 0.25) is 0 Å². The number of rotatable bonds is 3. The van der Waals surface area contributed by atoms with Crippen molar-refractivity contribution >= 4 is 11.0 Å². The molecule has 1 fully saturated rings. The van der Waals surface area contributed by atoms with Crippen LogP contribution in [0.25, 0.3) is 11.0 Å². The second-order valence-electron chi connectivity index (χ2n) is 5.79. The first-order valence-corrected chi connectivity index (χ1v) is 7.35. The Kier molecular flexibility index (Phi) is 3.61. The summed E-state index contributed by atoms with van der Waals surface area (Å²) in [6.07, 6.45) is 4.24. The number of H-pyrrole nitrogens is 1. The lowest BCUT2D eigenvalue weighted by Gasteiger charge is -2.34. The highest BCUT2D eigenvalue weighted by atomic mass is 16.5. The molecule has 0 amide bonds. The number of hydrogen-bond acceptors (Lipinski definition) is 4. The summed E-state index contributed by atoms with van der Waals surface area (Å²) < 4.78 is 6.21. The van der Waals surface area contributed by atoms with Gasteiger partial charge in [0.05, 0.1) is 11.1 Å². The van der Waals surface area contributed by atoms with E-state index in [0.29, 0.717) is 12.1 Å². The number of aromatic amines is 1. The molecule has 3 rings (SSSR count). The third-order valence-electron chi connectivity index (χ3n) is 4.10. The highest BCUT2D eigenvalue weighted by Gasteiger charge is 2.23. The SMILES string of the molecule is Cc1n[nH]c2nccc(OC3CCN(C(C)C)CC3)c12. The molecule has 0 atom stereocenters. The van der Waals surface area contributed by atoms with Crippen molar-refractivity contribution in [2.45, 2.75) is 45.8 Å². The lowest BCUT2D eigenvalue weighted by Crippen LogP contribution is -2.41. The molecule has 1 aliphatic heterocycles. The van der Waals surface area contributed by atoms with E-state index in [1.807, 2.05) is 13.0 Å². The van der Waals surface area contributed by atoms with Crippen molar-refractivity contribution in [3.05, 3.63) is 18.0 Å². The summed E-state index contributed by atoms with van der Waals surface area (Å²) >= 11 is 0.